The number of aromatic nitrogens is 3. The molecule has 0 aliphatic heterocycles. The van der Waals surface area contributed by atoms with Crippen LogP contribution in [0.15, 0.2) is 77.9 Å². The van der Waals surface area contributed by atoms with E-state index in [4.69, 9.17) is 0 Å². The van der Waals surface area contributed by atoms with Crippen molar-refractivity contribution in [3.63, 3.8) is 0 Å². The molecule has 2 aromatic heterocycles. The van der Waals surface area contributed by atoms with Crippen molar-refractivity contribution in [2.24, 2.45) is 0 Å². The van der Waals surface area contributed by atoms with Crippen LogP contribution in [0.1, 0.15) is 5.69 Å². The Morgan fingerprint density at radius 1 is 1.03 bits per heavy atom. The highest BCUT2D eigenvalue weighted by Gasteiger charge is 2.22. The van der Waals surface area contributed by atoms with Crippen LogP contribution in [-0.2, 0) is 17.9 Å². The van der Waals surface area contributed by atoms with Crippen LogP contribution in [0.3, 0.4) is 0 Å². The molecule has 6 nitrogen and oxygen atoms in total. The molecule has 8 heteroatoms. The molecule has 4 rings (SSSR count). The predicted octanol–water partition coefficient (Wildman–Crippen LogP) is 3.30. The molecule has 0 spiro atoms. The molecular weight excluding hydrogens is 390 g/mol. The molecule has 150 valence electrons. The highest BCUT2D eigenvalue weighted by molar-refractivity contribution is 5.93. The first-order valence-corrected chi connectivity index (χ1v) is 9.13. The zero-order valence-electron chi connectivity index (χ0n) is 15.7. The van der Waals surface area contributed by atoms with Crippen molar-refractivity contribution in [2.45, 2.75) is 13.1 Å². The molecule has 30 heavy (non-hydrogen) atoms. The van der Waals surface area contributed by atoms with E-state index in [1.165, 1.54) is 12.3 Å². The molecule has 0 saturated carbocycles. The molecule has 2 aromatic carbocycles. The Hall–Kier alpha value is -3.94. The number of carbonyl (C=O) groups excluding carboxylic acids is 1. The predicted molar refractivity (Wildman–Crippen MR) is 108 cm³/mol. The second-order valence-electron chi connectivity index (χ2n) is 6.59. The fourth-order valence-corrected chi connectivity index (χ4v) is 3.12. The summed E-state index contributed by atoms with van der Waals surface area (Å²) in [5.74, 6) is -2.23. The number of hydrogen-bond acceptors (Lipinski definition) is 4. The smallest absolute Gasteiger partial charge is 0.275 e. The van der Waals surface area contributed by atoms with Crippen molar-refractivity contribution < 1.29 is 13.6 Å². The molecule has 0 fully saturated rings. The summed E-state index contributed by atoms with van der Waals surface area (Å²) in [4.78, 5) is 31.1. The molecule has 0 unspecified atom stereocenters. The van der Waals surface area contributed by atoms with E-state index < -0.39 is 29.6 Å². The van der Waals surface area contributed by atoms with Crippen LogP contribution in [0.4, 0.5) is 14.5 Å². The summed E-state index contributed by atoms with van der Waals surface area (Å²) in [6, 6.07) is 15.0. The second-order valence-corrected chi connectivity index (χ2v) is 6.59. The van der Waals surface area contributed by atoms with Crippen molar-refractivity contribution in [2.75, 3.05) is 4.90 Å². The van der Waals surface area contributed by atoms with Crippen LogP contribution in [0.25, 0.3) is 10.8 Å². The molecule has 0 atom stereocenters. The Bertz CT molecular complexity index is 1280. The Balaban J connectivity index is 1.70. The van der Waals surface area contributed by atoms with Crippen LogP contribution in [0, 0.1) is 11.6 Å². The summed E-state index contributed by atoms with van der Waals surface area (Å²) in [5, 5.41) is 5.13. The van der Waals surface area contributed by atoms with Crippen molar-refractivity contribution in [1.82, 2.24) is 14.8 Å². The maximum absolute atomic E-state index is 14.5. The molecule has 4 aromatic rings. The van der Waals surface area contributed by atoms with Crippen LogP contribution in [0.2, 0.25) is 0 Å². The normalized spacial score (nSPS) is 10.9. The van der Waals surface area contributed by atoms with Gasteiger partial charge in [0.15, 0.2) is 0 Å². The summed E-state index contributed by atoms with van der Waals surface area (Å²) in [7, 11) is 0. The third-order valence-electron chi connectivity index (χ3n) is 4.59. The quantitative estimate of drug-likeness (QED) is 0.510. The van der Waals surface area contributed by atoms with E-state index in [-0.39, 0.29) is 12.2 Å². The minimum absolute atomic E-state index is 0.0510. The van der Waals surface area contributed by atoms with E-state index in [0.29, 0.717) is 22.5 Å². The largest absolute Gasteiger partial charge is 0.302 e. The van der Waals surface area contributed by atoms with Crippen molar-refractivity contribution in [3.05, 3.63) is 101 Å². The molecule has 0 saturated heterocycles. The van der Waals surface area contributed by atoms with Gasteiger partial charge in [0.05, 0.1) is 29.5 Å². The van der Waals surface area contributed by atoms with E-state index in [1.807, 2.05) is 0 Å². The minimum atomic E-state index is -0.891. The first-order valence-electron chi connectivity index (χ1n) is 9.13. The lowest BCUT2D eigenvalue weighted by atomic mass is 10.2. The molecule has 2 heterocycles. The van der Waals surface area contributed by atoms with Gasteiger partial charge in [-0.15, -0.1) is 0 Å². The molecule has 0 aliphatic carbocycles. The number of benzene rings is 2. The number of amides is 1. The summed E-state index contributed by atoms with van der Waals surface area (Å²) in [5.41, 5.74) is -0.0342. The number of nitrogens with zero attached hydrogens (tertiary/aromatic N) is 4. The standard InChI is InChI=1S/C22H16F2N4O2/c23-16-8-9-20(19(24)11-16)27(13-17-6-3-4-10-25-17)21(29)14-28-22(30)18-7-2-1-5-15(18)12-26-28/h1-12H,13-14H2. The Morgan fingerprint density at radius 3 is 2.60 bits per heavy atom. The van der Waals surface area contributed by atoms with E-state index in [0.717, 1.165) is 15.6 Å². The zero-order chi connectivity index (χ0) is 21.1. The molecule has 0 aliphatic rings. The first-order chi connectivity index (χ1) is 14.5. The number of pyridine rings is 1. The fourth-order valence-electron chi connectivity index (χ4n) is 3.12. The number of hydrogen-bond donors (Lipinski definition) is 0. The van der Waals surface area contributed by atoms with Crippen molar-refractivity contribution in [1.29, 1.82) is 0 Å². The number of fused-ring (bicyclic) bond motifs is 1. The van der Waals surface area contributed by atoms with Gasteiger partial charge >= 0.3 is 0 Å². The molecule has 0 N–H and O–H groups in total. The number of anilines is 1. The monoisotopic (exact) mass is 406 g/mol. The highest BCUT2D eigenvalue weighted by Crippen LogP contribution is 2.22. The van der Waals surface area contributed by atoms with Crippen LogP contribution >= 0.6 is 0 Å². The topological polar surface area (TPSA) is 68.1 Å². The molecule has 0 radical (unpaired) electrons. The fraction of sp³-hybridized carbons (Fsp3) is 0.0909. The lowest BCUT2D eigenvalue weighted by molar-refractivity contribution is -0.119. The second kappa shape index (κ2) is 8.20. The van der Waals surface area contributed by atoms with Crippen LogP contribution in [0.5, 0.6) is 0 Å². The maximum Gasteiger partial charge on any atom is 0.275 e. The van der Waals surface area contributed by atoms with Gasteiger partial charge in [-0.1, -0.05) is 24.3 Å². The van der Waals surface area contributed by atoms with Gasteiger partial charge in [0.25, 0.3) is 5.56 Å². The van der Waals surface area contributed by atoms with Gasteiger partial charge in [0, 0.05) is 17.6 Å². The molecular formula is C22H16F2N4O2. The van der Waals surface area contributed by atoms with Crippen LogP contribution < -0.4 is 10.5 Å². The van der Waals surface area contributed by atoms with Gasteiger partial charge in [-0.3, -0.25) is 14.6 Å². The Kier molecular flexibility index (Phi) is 5.30. The average molecular weight is 406 g/mol. The van der Waals surface area contributed by atoms with Gasteiger partial charge in [-0.2, -0.15) is 5.10 Å². The summed E-state index contributed by atoms with van der Waals surface area (Å²) in [6.45, 7) is -0.460. The maximum atomic E-state index is 14.5. The van der Waals surface area contributed by atoms with E-state index >= 15 is 0 Å². The minimum Gasteiger partial charge on any atom is -0.302 e. The lowest BCUT2D eigenvalue weighted by Gasteiger charge is -2.23. The lowest BCUT2D eigenvalue weighted by Crippen LogP contribution is -2.37. The number of halogens is 2. The van der Waals surface area contributed by atoms with E-state index in [1.54, 1.807) is 48.7 Å². The number of carbonyl (C=O) groups is 1. The van der Waals surface area contributed by atoms with Crippen molar-refractivity contribution in [3.8, 4) is 0 Å². The Morgan fingerprint density at radius 2 is 1.83 bits per heavy atom. The van der Waals surface area contributed by atoms with Gasteiger partial charge in [0.1, 0.15) is 18.2 Å². The number of rotatable bonds is 5. The Labute approximate surface area is 170 Å². The molecule has 1 amide bonds. The average Bonchev–Trinajstić information content (AvgIpc) is 2.75. The molecule has 0 bridgehead atoms. The summed E-state index contributed by atoms with van der Waals surface area (Å²) < 4.78 is 28.9. The third-order valence-corrected chi connectivity index (χ3v) is 4.59. The summed E-state index contributed by atoms with van der Waals surface area (Å²) >= 11 is 0. The van der Waals surface area contributed by atoms with Gasteiger partial charge < -0.3 is 4.90 Å². The summed E-state index contributed by atoms with van der Waals surface area (Å²) in [6.07, 6.45) is 3.04. The highest BCUT2D eigenvalue weighted by atomic mass is 19.1. The SMILES string of the molecule is O=C(Cn1ncc2ccccc2c1=O)N(Cc1ccccn1)c1ccc(F)cc1F. The van der Waals surface area contributed by atoms with E-state index in [2.05, 4.69) is 10.1 Å². The first kappa shape index (κ1) is 19.4. The van der Waals surface area contributed by atoms with Crippen molar-refractivity contribution >= 4 is 22.4 Å². The zero-order valence-corrected chi connectivity index (χ0v) is 15.7. The van der Waals surface area contributed by atoms with Gasteiger partial charge in [-0.25, -0.2) is 13.5 Å². The third kappa shape index (κ3) is 3.93. The van der Waals surface area contributed by atoms with Crippen LogP contribution in [-0.4, -0.2) is 20.7 Å². The van der Waals surface area contributed by atoms with Gasteiger partial charge in [-0.05, 0) is 30.3 Å². The van der Waals surface area contributed by atoms with E-state index in [9.17, 15) is 18.4 Å². The van der Waals surface area contributed by atoms with Gasteiger partial charge in [0.2, 0.25) is 5.91 Å².